The minimum atomic E-state index is 0.659. The van der Waals surface area contributed by atoms with Crippen molar-refractivity contribution in [2.45, 2.75) is 53.4 Å². The van der Waals surface area contributed by atoms with Gasteiger partial charge < -0.3 is 0 Å². The average Bonchev–Trinajstić information content (AvgIpc) is 2.35. The SMILES string of the molecule is CC1(C)C2C3CCC(CC3)C1C2(C)C. The van der Waals surface area contributed by atoms with E-state index < -0.39 is 0 Å². The summed E-state index contributed by atoms with van der Waals surface area (Å²) >= 11 is 0. The molecule has 0 heteroatoms. The maximum atomic E-state index is 2.55. The smallest absolute Gasteiger partial charge is 0.0277 e. The maximum Gasteiger partial charge on any atom is -0.0277 e. The normalized spacial score (nSPS) is 52.3. The Bertz CT molecular complexity index is 213. The van der Waals surface area contributed by atoms with Crippen LogP contribution in [0.5, 0.6) is 0 Å². The van der Waals surface area contributed by atoms with Gasteiger partial charge in [0.25, 0.3) is 0 Å². The van der Waals surface area contributed by atoms with Crippen molar-refractivity contribution >= 4 is 0 Å². The topological polar surface area (TPSA) is 0 Å². The maximum absolute atomic E-state index is 2.55. The highest BCUT2D eigenvalue weighted by Crippen LogP contribution is 2.74. The van der Waals surface area contributed by atoms with E-state index in [1.807, 2.05) is 0 Å². The fourth-order valence-electron chi connectivity index (χ4n) is 6.45. The van der Waals surface area contributed by atoms with Gasteiger partial charge in [0.2, 0.25) is 0 Å². The van der Waals surface area contributed by atoms with E-state index in [0.717, 1.165) is 23.7 Å². The van der Waals surface area contributed by atoms with E-state index in [-0.39, 0.29) is 0 Å². The van der Waals surface area contributed by atoms with E-state index in [1.165, 1.54) is 0 Å². The molecule has 0 heterocycles. The first-order valence-corrected chi connectivity index (χ1v) is 6.45. The molecule has 14 heavy (non-hydrogen) atoms. The van der Waals surface area contributed by atoms with Crippen molar-refractivity contribution in [1.82, 2.24) is 0 Å². The second-order valence-corrected chi connectivity index (χ2v) is 7.27. The lowest BCUT2D eigenvalue weighted by atomic mass is 9.39. The molecule has 0 aromatic rings. The second kappa shape index (κ2) is 2.39. The van der Waals surface area contributed by atoms with Crippen LogP contribution in [0.2, 0.25) is 0 Å². The molecule has 6 rings (SSSR count). The molecule has 0 aromatic carbocycles. The molecular weight excluding hydrogens is 168 g/mol. The van der Waals surface area contributed by atoms with Gasteiger partial charge in [-0.1, -0.05) is 27.7 Å². The molecule has 80 valence electrons. The highest BCUT2D eigenvalue weighted by atomic mass is 14.7. The summed E-state index contributed by atoms with van der Waals surface area (Å²) in [6.07, 6.45) is 6.16. The van der Waals surface area contributed by atoms with Gasteiger partial charge in [-0.3, -0.25) is 0 Å². The van der Waals surface area contributed by atoms with Gasteiger partial charge in [0.1, 0.15) is 0 Å². The van der Waals surface area contributed by atoms with Crippen LogP contribution in [0.3, 0.4) is 0 Å². The molecule has 0 spiro atoms. The van der Waals surface area contributed by atoms with Crippen molar-refractivity contribution in [1.29, 1.82) is 0 Å². The summed E-state index contributed by atoms with van der Waals surface area (Å²) in [4.78, 5) is 0. The van der Waals surface area contributed by atoms with Crippen molar-refractivity contribution < 1.29 is 0 Å². The van der Waals surface area contributed by atoms with Gasteiger partial charge in [-0.15, -0.1) is 0 Å². The molecule has 0 amide bonds. The Hall–Kier alpha value is 0. The fourth-order valence-corrected chi connectivity index (χ4v) is 6.45. The van der Waals surface area contributed by atoms with Crippen LogP contribution in [0.1, 0.15) is 53.4 Å². The molecule has 0 unspecified atom stereocenters. The predicted molar refractivity (Wildman–Crippen MR) is 60.0 cm³/mol. The number of hydrogen-bond donors (Lipinski definition) is 0. The molecule has 6 saturated carbocycles. The minimum Gasteiger partial charge on any atom is -0.0593 e. The summed E-state index contributed by atoms with van der Waals surface area (Å²) in [6.45, 7) is 10.2. The highest BCUT2D eigenvalue weighted by molar-refractivity contribution is 5.15. The lowest BCUT2D eigenvalue weighted by Gasteiger charge is -2.66. The quantitative estimate of drug-likeness (QED) is 0.542. The molecule has 0 atom stereocenters. The molecule has 0 N–H and O–H groups in total. The molecule has 0 nitrogen and oxygen atoms in total. The van der Waals surface area contributed by atoms with E-state index in [0.29, 0.717) is 10.8 Å². The molecule has 0 aliphatic heterocycles. The Balaban J connectivity index is 2.08. The van der Waals surface area contributed by atoms with Crippen LogP contribution in [0.25, 0.3) is 0 Å². The van der Waals surface area contributed by atoms with Gasteiger partial charge in [-0.05, 0) is 60.2 Å². The third kappa shape index (κ3) is 0.823. The monoisotopic (exact) mass is 192 g/mol. The van der Waals surface area contributed by atoms with Crippen LogP contribution < -0.4 is 0 Å². The largest absolute Gasteiger partial charge is 0.0593 e. The zero-order valence-electron chi connectivity index (χ0n) is 10.1. The molecule has 0 saturated heterocycles. The van der Waals surface area contributed by atoms with E-state index in [2.05, 4.69) is 27.7 Å². The van der Waals surface area contributed by atoms with Gasteiger partial charge in [0.05, 0.1) is 0 Å². The van der Waals surface area contributed by atoms with Crippen LogP contribution in [-0.4, -0.2) is 0 Å². The van der Waals surface area contributed by atoms with Crippen molar-refractivity contribution in [2.75, 3.05) is 0 Å². The zero-order chi connectivity index (χ0) is 10.1. The zero-order valence-corrected chi connectivity index (χ0v) is 10.1. The molecule has 6 aliphatic carbocycles. The Morgan fingerprint density at radius 2 is 0.929 bits per heavy atom. The Morgan fingerprint density at radius 3 is 1.21 bits per heavy atom. The third-order valence-corrected chi connectivity index (χ3v) is 5.97. The van der Waals surface area contributed by atoms with Crippen LogP contribution in [0.15, 0.2) is 0 Å². The van der Waals surface area contributed by atoms with Crippen molar-refractivity contribution in [3.05, 3.63) is 0 Å². The minimum absolute atomic E-state index is 0.659. The number of hydrogen-bond acceptors (Lipinski definition) is 0. The van der Waals surface area contributed by atoms with Crippen LogP contribution in [-0.2, 0) is 0 Å². The molecule has 6 fully saturated rings. The Morgan fingerprint density at radius 1 is 0.643 bits per heavy atom. The highest BCUT2D eigenvalue weighted by Gasteiger charge is 2.67. The summed E-state index contributed by atoms with van der Waals surface area (Å²) < 4.78 is 0. The predicted octanol–water partition coefficient (Wildman–Crippen LogP) is 4.10. The molecule has 0 radical (unpaired) electrons. The fraction of sp³-hybridized carbons (Fsp3) is 1.00. The van der Waals surface area contributed by atoms with Gasteiger partial charge in [0, 0.05) is 0 Å². The lowest BCUT2D eigenvalue weighted by Crippen LogP contribution is -2.61. The van der Waals surface area contributed by atoms with Crippen LogP contribution in [0, 0.1) is 34.5 Å². The Kier molecular flexibility index (Phi) is 1.58. The number of rotatable bonds is 0. The van der Waals surface area contributed by atoms with Crippen LogP contribution in [0.4, 0.5) is 0 Å². The van der Waals surface area contributed by atoms with Crippen molar-refractivity contribution in [3.63, 3.8) is 0 Å². The van der Waals surface area contributed by atoms with Gasteiger partial charge >= 0.3 is 0 Å². The first kappa shape index (κ1) is 9.24. The molecule has 4 bridgehead atoms. The summed E-state index contributed by atoms with van der Waals surface area (Å²) in [5.41, 5.74) is 1.32. The third-order valence-electron chi connectivity index (χ3n) is 5.97. The van der Waals surface area contributed by atoms with E-state index in [9.17, 15) is 0 Å². The summed E-state index contributed by atoms with van der Waals surface area (Å²) in [5, 5.41) is 0. The van der Waals surface area contributed by atoms with Gasteiger partial charge in [0.15, 0.2) is 0 Å². The first-order valence-electron chi connectivity index (χ1n) is 6.45. The lowest BCUT2D eigenvalue weighted by molar-refractivity contribution is -0.183. The molecule has 6 aliphatic rings. The molecular formula is C14H24. The van der Waals surface area contributed by atoms with E-state index in [1.54, 1.807) is 25.7 Å². The summed E-state index contributed by atoms with van der Waals surface area (Å²) in [6, 6.07) is 0. The first-order chi connectivity index (χ1) is 6.45. The Labute approximate surface area is 88.5 Å². The van der Waals surface area contributed by atoms with E-state index >= 15 is 0 Å². The van der Waals surface area contributed by atoms with Crippen LogP contribution >= 0.6 is 0 Å². The summed E-state index contributed by atoms with van der Waals surface area (Å²) in [5.74, 6) is 4.17. The summed E-state index contributed by atoms with van der Waals surface area (Å²) in [7, 11) is 0. The van der Waals surface area contributed by atoms with Gasteiger partial charge in [-0.2, -0.15) is 0 Å². The van der Waals surface area contributed by atoms with Crippen molar-refractivity contribution in [3.8, 4) is 0 Å². The van der Waals surface area contributed by atoms with Gasteiger partial charge in [-0.25, -0.2) is 0 Å². The second-order valence-electron chi connectivity index (χ2n) is 7.27. The average molecular weight is 192 g/mol. The standard InChI is InChI=1S/C14H24/c1-13(2)11-9-5-6-10(8-7-9)12(13)14(11,3)4/h9-12H,5-8H2,1-4H3. The molecule has 0 aromatic heterocycles. The van der Waals surface area contributed by atoms with E-state index in [4.69, 9.17) is 0 Å². The van der Waals surface area contributed by atoms with Crippen molar-refractivity contribution in [2.24, 2.45) is 34.5 Å².